The van der Waals surface area contributed by atoms with E-state index in [2.05, 4.69) is 33.1 Å². The Bertz CT molecular complexity index is 732. The van der Waals surface area contributed by atoms with Crippen molar-refractivity contribution in [3.8, 4) is 0 Å². The van der Waals surface area contributed by atoms with Crippen LogP contribution in [-0.2, 0) is 9.59 Å². The molecule has 0 aliphatic carbocycles. The van der Waals surface area contributed by atoms with Crippen molar-refractivity contribution >= 4 is 23.2 Å². The Morgan fingerprint density at radius 2 is 1.79 bits per heavy atom. The molecule has 29 heavy (non-hydrogen) atoms. The van der Waals surface area contributed by atoms with E-state index in [1.54, 1.807) is 0 Å². The first-order valence-corrected chi connectivity index (χ1v) is 11.0. The summed E-state index contributed by atoms with van der Waals surface area (Å²) in [6, 6.07) is 8.57. The molecule has 2 saturated heterocycles. The summed E-state index contributed by atoms with van der Waals surface area (Å²) in [6.07, 6.45) is 2.83. The molecule has 0 radical (unpaired) electrons. The maximum Gasteiger partial charge on any atom is 0.227 e. The Kier molecular flexibility index (Phi) is 6.35. The number of anilines is 2. The number of para-hydroxylation sites is 2. The molecular formula is C22H33N5O2. The largest absolute Gasteiger partial charge is 0.365 e. The summed E-state index contributed by atoms with van der Waals surface area (Å²) in [5.74, 6) is 0.0264. The zero-order chi connectivity index (χ0) is 20.2. The average molecular weight is 400 g/mol. The van der Waals surface area contributed by atoms with Gasteiger partial charge in [-0.05, 0) is 32.0 Å². The smallest absolute Gasteiger partial charge is 0.227 e. The topological polar surface area (TPSA) is 59.1 Å². The van der Waals surface area contributed by atoms with E-state index < -0.39 is 0 Å². The predicted octanol–water partition coefficient (Wildman–Crippen LogP) is 1.15. The number of carbonyl (C=O) groups is 2. The van der Waals surface area contributed by atoms with Gasteiger partial charge in [0.15, 0.2) is 0 Å². The second-order valence-electron chi connectivity index (χ2n) is 8.48. The van der Waals surface area contributed by atoms with Crippen molar-refractivity contribution in [2.75, 3.05) is 69.2 Å². The van der Waals surface area contributed by atoms with Gasteiger partial charge in [-0.3, -0.25) is 14.5 Å². The minimum Gasteiger partial charge on any atom is -0.365 e. The van der Waals surface area contributed by atoms with E-state index in [1.165, 1.54) is 6.42 Å². The Labute approximate surface area is 173 Å². The van der Waals surface area contributed by atoms with Crippen LogP contribution in [0.5, 0.6) is 0 Å². The Morgan fingerprint density at radius 3 is 2.59 bits per heavy atom. The second-order valence-corrected chi connectivity index (χ2v) is 8.48. The van der Waals surface area contributed by atoms with E-state index in [-0.39, 0.29) is 24.7 Å². The fourth-order valence-electron chi connectivity index (χ4n) is 4.69. The molecule has 3 aliphatic rings. The summed E-state index contributed by atoms with van der Waals surface area (Å²) >= 11 is 0. The number of rotatable bonds is 6. The van der Waals surface area contributed by atoms with Gasteiger partial charge in [-0.15, -0.1) is 0 Å². The van der Waals surface area contributed by atoms with Gasteiger partial charge >= 0.3 is 0 Å². The maximum atomic E-state index is 12.9. The number of hydrogen-bond acceptors (Lipinski definition) is 5. The number of amides is 2. The maximum absolute atomic E-state index is 12.9. The van der Waals surface area contributed by atoms with Crippen molar-refractivity contribution in [1.82, 2.24) is 15.1 Å². The Balaban J connectivity index is 1.24. The van der Waals surface area contributed by atoms with Crippen molar-refractivity contribution in [1.29, 1.82) is 0 Å². The van der Waals surface area contributed by atoms with Gasteiger partial charge in [0.1, 0.15) is 0 Å². The molecule has 0 spiro atoms. The van der Waals surface area contributed by atoms with Gasteiger partial charge in [0.05, 0.1) is 11.4 Å². The number of hydrogen-bond donors (Lipinski definition) is 1. The minimum absolute atomic E-state index is 0.0275. The molecule has 1 atom stereocenters. The molecule has 3 heterocycles. The number of benzene rings is 1. The van der Waals surface area contributed by atoms with Crippen LogP contribution in [0.3, 0.4) is 0 Å². The third kappa shape index (κ3) is 4.73. The highest BCUT2D eigenvalue weighted by atomic mass is 16.2. The first-order chi connectivity index (χ1) is 14.1. The first-order valence-electron chi connectivity index (χ1n) is 11.0. The summed E-state index contributed by atoms with van der Waals surface area (Å²) in [5, 5.41) is 2.98. The van der Waals surface area contributed by atoms with Gasteiger partial charge in [0, 0.05) is 71.2 Å². The van der Waals surface area contributed by atoms with E-state index in [1.807, 2.05) is 23.1 Å². The monoisotopic (exact) mass is 399 g/mol. The molecule has 4 rings (SSSR count). The highest BCUT2D eigenvalue weighted by Gasteiger charge is 2.35. The molecule has 2 fully saturated rings. The number of piperazine rings is 1. The summed E-state index contributed by atoms with van der Waals surface area (Å²) < 4.78 is 0. The second kappa shape index (κ2) is 9.13. The van der Waals surface area contributed by atoms with Crippen LogP contribution in [0.1, 0.15) is 25.7 Å². The molecule has 158 valence electrons. The van der Waals surface area contributed by atoms with Gasteiger partial charge in [0.2, 0.25) is 11.8 Å². The number of nitrogens with one attached hydrogen (secondary N) is 1. The lowest BCUT2D eigenvalue weighted by Crippen LogP contribution is -2.48. The molecule has 1 aromatic carbocycles. The molecule has 1 aromatic rings. The number of likely N-dealkylation sites (N-methyl/N-ethyl adjacent to an activating group) is 1. The number of nitrogens with zero attached hydrogens (tertiary/aromatic N) is 4. The minimum atomic E-state index is -0.0275. The van der Waals surface area contributed by atoms with E-state index in [0.29, 0.717) is 12.6 Å². The molecule has 0 aromatic heterocycles. The normalized spacial score (nSPS) is 22.3. The van der Waals surface area contributed by atoms with Gasteiger partial charge in [0.25, 0.3) is 0 Å². The average Bonchev–Trinajstić information content (AvgIpc) is 3.22. The third-order valence-corrected chi connectivity index (χ3v) is 6.47. The molecule has 7 nitrogen and oxygen atoms in total. The molecular weight excluding hydrogens is 366 g/mol. The highest BCUT2D eigenvalue weighted by molar-refractivity contribution is 5.99. The van der Waals surface area contributed by atoms with Gasteiger partial charge in [-0.25, -0.2) is 0 Å². The lowest BCUT2D eigenvalue weighted by molar-refractivity contribution is -0.125. The van der Waals surface area contributed by atoms with Crippen molar-refractivity contribution in [3.63, 3.8) is 0 Å². The lowest BCUT2D eigenvalue weighted by Gasteiger charge is -2.40. The van der Waals surface area contributed by atoms with Crippen LogP contribution >= 0.6 is 0 Å². The predicted molar refractivity (Wildman–Crippen MR) is 115 cm³/mol. The van der Waals surface area contributed by atoms with Gasteiger partial charge in [-0.2, -0.15) is 0 Å². The molecule has 7 heteroatoms. The first kappa shape index (κ1) is 20.2. The van der Waals surface area contributed by atoms with Crippen LogP contribution in [0.25, 0.3) is 0 Å². The molecule has 1 N–H and O–H groups in total. The van der Waals surface area contributed by atoms with Crippen LogP contribution in [0.4, 0.5) is 11.4 Å². The van der Waals surface area contributed by atoms with Crippen LogP contribution in [0.2, 0.25) is 0 Å². The van der Waals surface area contributed by atoms with E-state index in [0.717, 1.165) is 63.6 Å². The van der Waals surface area contributed by atoms with E-state index in [9.17, 15) is 9.59 Å². The van der Waals surface area contributed by atoms with Crippen molar-refractivity contribution < 1.29 is 9.59 Å². The third-order valence-electron chi connectivity index (χ3n) is 6.47. The zero-order valence-corrected chi connectivity index (χ0v) is 17.5. The Morgan fingerprint density at radius 1 is 1.03 bits per heavy atom. The van der Waals surface area contributed by atoms with Gasteiger partial charge < -0.3 is 20.0 Å². The molecule has 1 unspecified atom stereocenters. The van der Waals surface area contributed by atoms with Crippen LogP contribution in [0, 0.1) is 0 Å². The van der Waals surface area contributed by atoms with E-state index >= 15 is 0 Å². The number of fused-ring (bicyclic) bond motifs is 3. The summed E-state index contributed by atoms with van der Waals surface area (Å²) in [7, 11) is 2.14. The molecule has 0 bridgehead atoms. The summed E-state index contributed by atoms with van der Waals surface area (Å²) in [4.78, 5) is 34.2. The summed E-state index contributed by atoms with van der Waals surface area (Å²) in [5.41, 5.74) is 2.15. The molecule has 0 saturated carbocycles. The lowest BCUT2D eigenvalue weighted by atomic mass is 10.1. The van der Waals surface area contributed by atoms with Crippen LogP contribution in [0.15, 0.2) is 24.3 Å². The van der Waals surface area contributed by atoms with E-state index in [4.69, 9.17) is 0 Å². The zero-order valence-electron chi connectivity index (χ0n) is 17.5. The standard InChI is InChI=1S/C22H33N5O2/c1-24-13-15-25(16-14-24)12-10-23-21(28)8-9-22(29)27-17-18-5-4-11-26(18)19-6-2-3-7-20(19)27/h2-3,6-7,18H,4-5,8-17H2,1H3,(H,23,28). The van der Waals surface area contributed by atoms with Crippen molar-refractivity contribution in [2.24, 2.45) is 0 Å². The van der Waals surface area contributed by atoms with Crippen molar-refractivity contribution in [2.45, 2.75) is 31.7 Å². The quantitative estimate of drug-likeness (QED) is 0.778. The fourth-order valence-corrected chi connectivity index (χ4v) is 4.69. The Hall–Kier alpha value is -2.12. The van der Waals surface area contributed by atoms with Crippen LogP contribution < -0.4 is 15.1 Å². The highest BCUT2D eigenvalue weighted by Crippen LogP contribution is 2.39. The number of carbonyl (C=O) groups excluding carboxylic acids is 2. The summed E-state index contributed by atoms with van der Waals surface area (Å²) in [6.45, 7) is 7.61. The SMILES string of the molecule is CN1CCN(CCNC(=O)CCC(=O)N2CC3CCCN3c3ccccc32)CC1. The van der Waals surface area contributed by atoms with Crippen LogP contribution in [-0.4, -0.2) is 87.1 Å². The fraction of sp³-hybridized carbons (Fsp3) is 0.636. The van der Waals surface area contributed by atoms with Crippen molar-refractivity contribution in [3.05, 3.63) is 24.3 Å². The molecule has 2 amide bonds. The van der Waals surface area contributed by atoms with Gasteiger partial charge in [-0.1, -0.05) is 12.1 Å². The molecule has 3 aliphatic heterocycles.